The van der Waals surface area contributed by atoms with Gasteiger partial charge in [0.15, 0.2) is 17.5 Å². The molecule has 0 saturated heterocycles. The highest BCUT2D eigenvalue weighted by Gasteiger charge is 2.12. The van der Waals surface area contributed by atoms with Gasteiger partial charge in [-0.15, -0.1) is 0 Å². The number of rotatable bonds is 10. The Kier molecular flexibility index (Phi) is 9.78. The van der Waals surface area contributed by atoms with E-state index in [1.807, 2.05) is 25.1 Å². The van der Waals surface area contributed by atoms with Gasteiger partial charge in [-0.1, -0.05) is 24.3 Å². The number of carbonyl (C=O) groups excluding carboxylic acids is 1. The third kappa shape index (κ3) is 7.76. The molecule has 7 nitrogen and oxygen atoms in total. The number of methoxy groups -OCH3 is 1. The first kappa shape index (κ1) is 25.0. The molecule has 0 fully saturated rings. The van der Waals surface area contributed by atoms with Crippen molar-refractivity contribution in [1.82, 2.24) is 15.5 Å². The number of nitrogens with one attached hydrogen (secondary N) is 2. The van der Waals surface area contributed by atoms with E-state index in [4.69, 9.17) is 4.74 Å². The predicted molar refractivity (Wildman–Crippen MR) is 128 cm³/mol. The molecule has 1 amide bonds. The van der Waals surface area contributed by atoms with Crippen molar-refractivity contribution in [3.63, 3.8) is 0 Å². The lowest BCUT2D eigenvalue weighted by Gasteiger charge is -2.21. The second kappa shape index (κ2) is 12.5. The highest BCUT2D eigenvalue weighted by molar-refractivity contribution is 5.85. The average Bonchev–Trinajstić information content (AvgIpc) is 2.79. The normalized spacial score (nSPS) is 12.1. The maximum absolute atomic E-state index is 14.1. The Morgan fingerprint density at radius 3 is 2.50 bits per heavy atom. The zero-order chi connectivity index (χ0) is 23.5. The lowest BCUT2D eigenvalue weighted by Crippen LogP contribution is -2.41. The summed E-state index contributed by atoms with van der Waals surface area (Å²) in [5.74, 6) is 0.188. The summed E-state index contributed by atoms with van der Waals surface area (Å²) < 4.78 is 19.1. The second-order valence-corrected chi connectivity index (χ2v) is 7.75. The number of nitrogens with zero attached hydrogens (tertiary/aromatic N) is 3. The molecule has 0 aliphatic rings. The minimum absolute atomic E-state index is 0.0238. The SMILES string of the molecule is COc1ccc(C(C)NC(=NCC(=O)N(C)C)NCCCN(C)c2ccccc2)cc1F. The summed E-state index contributed by atoms with van der Waals surface area (Å²) in [5.41, 5.74) is 1.91. The van der Waals surface area contributed by atoms with Crippen LogP contribution in [0.2, 0.25) is 0 Å². The topological polar surface area (TPSA) is 69.2 Å². The van der Waals surface area contributed by atoms with Gasteiger partial charge in [-0.05, 0) is 43.2 Å². The average molecular weight is 444 g/mol. The fourth-order valence-corrected chi connectivity index (χ4v) is 3.02. The fraction of sp³-hybridized carbons (Fsp3) is 0.417. The van der Waals surface area contributed by atoms with Gasteiger partial charge in [-0.3, -0.25) is 4.79 Å². The number of halogens is 1. The number of aliphatic imine (C=N–C) groups is 1. The molecule has 1 atom stereocenters. The third-order valence-electron chi connectivity index (χ3n) is 5.06. The zero-order valence-corrected chi connectivity index (χ0v) is 19.6. The summed E-state index contributed by atoms with van der Waals surface area (Å²) in [6.07, 6.45) is 0.874. The zero-order valence-electron chi connectivity index (χ0n) is 19.6. The summed E-state index contributed by atoms with van der Waals surface area (Å²) >= 11 is 0. The molecule has 2 N–H and O–H groups in total. The van der Waals surface area contributed by atoms with Gasteiger partial charge in [-0.25, -0.2) is 9.38 Å². The number of ether oxygens (including phenoxy) is 1. The van der Waals surface area contributed by atoms with Gasteiger partial charge < -0.3 is 25.2 Å². The quantitative estimate of drug-likeness (QED) is 0.336. The summed E-state index contributed by atoms with van der Waals surface area (Å²) in [6.45, 7) is 3.47. The van der Waals surface area contributed by atoms with Crippen molar-refractivity contribution in [3.05, 3.63) is 59.9 Å². The molecular formula is C24H34FN5O2. The van der Waals surface area contributed by atoms with Gasteiger partial charge in [0.1, 0.15) is 6.54 Å². The van der Waals surface area contributed by atoms with Crippen molar-refractivity contribution < 1.29 is 13.9 Å². The number of hydrogen-bond acceptors (Lipinski definition) is 4. The molecule has 0 heterocycles. The Morgan fingerprint density at radius 2 is 1.88 bits per heavy atom. The minimum atomic E-state index is -0.420. The number of likely N-dealkylation sites (N-methyl/N-ethyl adjacent to an activating group) is 1. The van der Waals surface area contributed by atoms with E-state index in [9.17, 15) is 9.18 Å². The van der Waals surface area contributed by atoms with E-state index in [2.05, 4.69) is 39.7 Å². The monoisotopic (exact) mass is 443 g/mol. The standard InChI is InChI=1S/C24H34FN5O2/c1-18(19-12-13-22(32-5)21(25)16-19)28-24(27-17-23(31)29(2)3)26-14-9-15-30(4)20-10-7-6-8-11-20/h6-8,10-13,16,18H,9,14-15,17H2,1-5H3,(H2,26,27,28). The first-order valence-corrected chi connectivity index (χ1v) is 10.7. The Balaban J connectivity index is 1.98. The Hall–Kier alpha value is -3.29. The van der Waals surface area contributed by atoms with Crippen molar-refractivity contribution in [2.45, 2.75) is 19.4 Å². The molecule has 0 aliphatic carbocycles. The van der Waals surface area contributed by atoms with Crippen molar-refractivity contribution >= 4 is 17.6 Å². The molecule has 1 unspecified atom stereocenters. The van der Waals surface area contributed by atoms with Gasteiger partial charge in [0, 0.05) is 39.9 Å². The molecule has 0 saturated carbocycles. The first-order chi connectivity index (χ1) is 15.3. The van der Waals surface area contributed by atoms with Gasteiger partial charge in [-0.2, -0.15) is 0 Å². The third-order valence-corrected chi connectivity index (χ3v) is 5.06. The summed E-state index contributed by atoms with van der Waals surface area (Å²) in [6, 6.07) is 14.8. The predicted octanol–water partition coefficient (Wildman–Crippen LogP) is 3.05. The minimum Gasteiger partial charge on any atom is -0.494 e. The van der Waals surface area contributed by atoms with Crippen LogP contribution in [-0.2, 0) is 4.79 Å². The molecule has 0 aliphatic heterocycles. The van der Waals surface area contributed by atoms with Crippen LogP contribution in [0.4, 0.5) is 10.1 Å². The molecule has 8 heteroatoms. The molecule has 2 rings (SSSR count). The number of benzene rings is 2. The van der Waals surface area contributed by atoms with E-state index in [0.29, 0.717) is 12.5 Å². The molecule has 2 aromatic carbocycles. The van der Waals surface area contributed by atoms with Crippen molar-refractivity contribution in [3.8, 4) is 5.75 Å². The van der Waals surface area contributed by atoms with E-state index in [-0.39, 0.29) is 24.2 Å². The van der Waals surface area contributed by atoms with Crippen LogP contribution in [-0.4, -0.2) is 64.7 Å². The van der Waals surface area contributed by atoms with Crippen molar-refractivity contribution in [1.29, 1.82) is 0 Å². The van der Waals surface area contributed by atoms with E-state index in [0.717, 1.165) is 24.2 Å². The highest BCUT2D eigenvalue weighted by Crippen LogP contribution is 2.21. The maximum atomic E-state index is 14.1. The summed E-state index contributed by atoms with van der Waals surface area (Å²) in [7, 11) is 6.88. The van der Waals surface area contributed by atoms with Gasteiger partial charge in [0.05, 0.1) is 13.2 Å². The van der Waals surface area contributed by atoms with Crippen LogP contribution in [0, 0.1) is 5.82 Å². The Labute approximate surface area is 190 Å². The second-order valence-electron chi connectivity index (χ2n) is 7.75. The lowest BCUT2D eigenvalue weighted by molar-refractivity contribution is -0.127. The molecule has 0 spiro atoms. The Bertz CT molecular complexity index is 889. The van der Waals surface area contributed by atoms with E-state index < -0.39 is 5.82 Å². The lowest BCUT2D eigenvalue weighted by atomic mass is 10.1. The molecule has 174 valence electrons. The smallest absolute Gasteiger partial charge is 0.243 e. The highest BCUT2D eigenvalue weighted by atomic mass is 19.1. The number of hydrogen-bond donors (Lipinski definition) is 2. The van der Waals surface area contributed by atoms with Gasteiger partial charge in [0.2, 0.25) is 5.91 Å². The van der Waals surface area contributed by atoms with Gasteiger partial charge in [0.25, 0.3) is 0 Å². The number of carbonyl (C=O) groups is 1. The molecule has 0 bridgehead atoms. The molecule has 0 radical (unpaired) electrons. The number of guanidine groups is 1. The van der Waals surface area contributed by atoms with Crippen molar-refractivity contribution in [2.75, 3.05) is 52.8 Å². The van der Waals surface area contributed by atoms with Gasteiger partial charge >= 0.3 is 0 Å². The van der Waals surface area contributed by atoms with Crippen LogP contribution < -0.4 is 20.3 Å². The first-order valence-electron chi connectivity index (χ1n) is 10.7. The number of para-hydroxylation sites is 1. The largest absolute Gasteiger partial charge is 0.494 e. The summed E-state index contributed by atoms with van der Waals surface area (Å²) in [5, 5.41) is 6.54. The molecule has 2 aromatic rings. The van der Waals surface area contributed by atoms with Crippen LogP contribution in [0.1, 0.15) is 24.9 Å². The van der Waals surface area contributed by atoms with E-state index in [1.165, 1.54) is 18.1 Å². The van der Waals surface area contributed by atoms with Crippen LogP contribution in [0.25, 0.3) is 0 Å². The fourth-order valence-electron chi connectivity index (χ4n) is 3.02. The van der Waals surface area contributed by atoms with Crippen LogP contribution in [0.3, 0.4) is 0 Å². The van der Waals surface area contributed by atoms with E-state index in [1.54, 1.807) is 26.2 Å². The molecule has 0 aromatic heterocycles. The van der Waals surface area contributed by atoms with E-state index >= 15 is 0 Å². The number of anilines is 1. The molecule has 32 heavy (non-hydrogen) atoms. The van der Waals surface area contributed by atoms with Crippen LogP contribution in [0.5, 0.6) is 5.75 Å². The van der Waals surface area contributed by atoms with Crippen LogP contribution in [0.15, 0.2) is 53.5 Å². The van der Waals surface area contributed by atoms with Crippen molar-refractivity contribution in [2.24, 2.45) is 4.99 Å². The molecular weight excluding hydrogens is 409 g/mol. The number of amides is 1. The summed E-state index contributed by atoms with van der Waals surface area (Å²) in [4.78, 5) is 20.1. The Morgan fingerprint density at radius 1 is 1.16 bits per heavy atom. The van der Waals surface area contributed by atoms with Crippen LogP contribution >= 0.6 is 0 Å². The maximum Gasteiger partial charge on any atom is 0.243 e.